The van der Waals surface area contributed by atoms with Crippen molar-refractivity contribution in [3.05, 3.63) is 63.6 Å². The van der Waals surface area contributed by atoms with Crippen molar-refractivity contribution < 1.29 is 14.0 Å². The number of carbonyl (C=O) groups excluding carboxylic acids is 2. The number of carbonyl (C=O) groups is 2. The molecule has 7 nitrogen and oxygen atoms in total. The Morgan fingerprint density at radius 2 is 1.88 bits per heavy atom. The second-order valence-corrected chi connectivity index (χ2v) is 6.02. The molecule has 3 rings (SSSR count). The van der Waals surface area contributed by atoms with Crippen molar-refractivity contribution in [2.24, 2.45) is 0 Å². The van der Waals surface area contributed by atoms with Gasteiger partial charge in [-0.15, -0.1) is 0 Å². The summed E-state index contributed by atoms with van der Waals surface area (Å²) in [6.07, 6.45) is 0.0916. The molecule has 0 aliphatic carbocycles. The summed E-state index contributed by atoms with van der Waals surface area (Å²) in [7, 11) is 1.55. The van der Waals surface area contributed by atoms with E-state index in [-0.39, 0.29) is 24.8 Å². The topological polar surface area (TPSA) is 93.3 Å². The van der Waals surface area contributed by atoms with E-state index in [4.69, 9.17) is 16.0 Å². The van der Waals surface area contributed by atoms with Gasteiger partial charge < -0.3 is 15.1 Å². The quantitative estimate of drug-likeness (QED) is 0.719. The monoisotopic (exact) mass is 373 g/mol. The summed E-state index contributed by atoms with van der Waals surface area (Å²) in [5.74, 6) is -0.993. The van der Waals surface area contributed by atoms with Gasteiger partial charge in [-0.2, -0.15) is 0 Å². The zero-order chi connectivity index (χ0) is 18.7. The SMILES string of the molecule is CNC(=O)c1ccc(NC(=O)CCn2c(=O)oc3cc(Cl)ccc32)cc1. The minimum Gasteiger partial charge on any atom is -0.408 e. The molecule has 0 unspecified atom stereocenters. The molecule has 0 saturated heterocycles. The first-order valence-electron chi connectivity index (χ1n) is 7.89. The Kier molecular flexibility index (Phi) is 5.09. The van der Waals surface area contributed by atoms with Crippen LogP contribution in [0.3, 0.4) is 0 Å². The lowest BCUT2D eigenvalue weighted by Gasteiger charge is -2.07. The van der Waals surface area contributed by atoms with Gasteiger partial charge in [0.15, 0.2) is 5.58 Å². The summed E-state index contributed by atoms with van der Waals surface area (Å²) in [4.78, 5) is 35.6. The molecule has 2 aromatic carbocycles. The second-order valence-electron chi connectivity index (χ2n) is 5.59. The zero-order valence-corrected chi connectivity index (χ0v) is 14.7. The maximum absolute atomic E-state index is 12.1. The molecular weight excluding hydrogens is 358 g/mol. The molecule has 0 bridgehead atoms. The number of fused-ring (bicyclic) bond motifs is 1. The lowest BCUT2D eigenvalue weighted by molar-refractivity contribution is -0.116. The van der Waals surface area contributed by atoms with Gasteiger partial charge in [0.2, 0.25) is 5.91 Å². The molecule has 2 N–H and O–H groups in total. The smallest absolute Gasteiger partial charge is 0.408 e. The fraction of sp³-hybridized carbons (Fsp3) is 0.167. The van der Waals surface area contributed by atoms with Crippen molar-refractivity contribution in [3.63, 3.8) is 0 Å². The lowest BCUT2D eigenvalue weighted by Crippen LogP contribution is -2.20. The third-order valence-electron chi connectivity index (χ3n) is 3.85. The minimum absolute atomic E-state index is 0.0916. The van der Waals surface area contributed by atoms with E-state index in [1.165, 1.54) is 4.57 Å². The average molecular weight is 374 g/mol. The van der Waals surface area contributed by atoms with Crippen LogP contribution in [0.2, 0.25) is 5.02 Å². The first kappa shape index (κ1) is 17.8. The zero-order valence-electron chi connectivity index (χ0n) is 13.9. The number of nitrogens with zero attached hydrogens (tertiary/aromatic N) is 1. The summed E-state index contributed by atoms with van der Waals surface area (Å²) < 4.78 is 6.52. The summed E-state index contributed by atoms with van der Waals surface area (Å²) in [5.41, 5.74) is 2.04. The van der Waals surface area contributed by atoms with Crippen molar-refractivity contribution in [1.29, 1.82) is 0 Å². The average Bonchev–Trinajstić information content (AvgIpc) is 2.94. The van der Waals surface area contributed by atoms with Gasteiger partial charge in [-0.25, -0.2) is 4.79 Å². The van der Waals surface area contributed by atoms with E-state index in [2.05, 4.69) is 10.6 Å². The number of aromatic nitrogens is 1. The molecule has 0 saturated carbocycles. The number of amides is 2. The van der Waals surface area contributed by atoms with Crippen LogP contribution in [0.1, 0.15) is 16.8 Å². The van der Waals surface area contributed by atoms with E-state index in [1.807, 2.05) is 0 Å². The molecule has 0 spiro atoms. The first-order valence-corrected chi connectivity index (χ1v) is 8.26. The molecule has 1 heterocycles. The van der Waals surface area contributed by atoms with E-state index in [1.54, 1.807) is 49.5 Å². The summed E-state index contributed by atoms with van der Waals surface area (Å²) in [6.45, 7) is 0.176. The normalized spacial score (nSPS) is 10.7. The van der Waals surface area contributed by atoms with Crippen molar-refractivity contribution in [3.8, 4) is 0 Å². The van der Waals surface area contributed by atoms with Crippen molar-refractivity contribution >= 4 is 40.2 Å². The summed E-state index contributed by atoms with van der Waals surface area (Å²) >= 11 is 5.88. The van der Waals surface area contributed by atoms with E-state index in [9.17, 15) is 14.4 Å². The van der Waals surface area contributed by atoms with Crippen LogP contribution in [0.4, 0.5) is 5.69 Å². The largest absolute Gasteiger partial charge is 0.419 e. The Hall–Kier alpha value is -3.06. The number of nitrogens with one attached hydrogen (secondary N) is 2. The van der Waals surface area contributed by atoms with Crippen LogP contribution in [0.5, 0.6) is 0 Å². The van der Waals surface area contributed by atoms with Gasteiger partial charge in [0.1, 0.15) is 0 Å². The fourth-order valence-electron chi connectivity index (χ4n) is 2.54. The van der Waals surface area contributed by atoms with Gasteiger partial charge in [-0.3, -0.25) is 14.2 Å². The van der Waals surface area contributed by atoms with Gasteiger partial charge >= 0.3 is 5.76 Å². The van der Waals surface area contributed by atoms with Crippen LogP contribution in [0, 0.1) is 0 Å². The van der Waals surface area contributed by atoms with Crippen molar-refractivity contribution in [2.75, 3.05) is 12.4 Å². The van der Waals surface area contributed by atoms with Crippen LogP contribution < -0.4 is 16.4 Å². The first-order chi connectivity index (χ1) is 12.5. The molecule has 0 radical (unpaired) electrons. The number of aryl methyl sites for hydroxylation is 1. The Morgan fingerprint density at radius 1 is 1.15 bits per heavy atom. The number of anilines is 1. The minimum atomic E-state index is -0.537. The molecule has 2 amide bonds. The summed E-state index contributed by atoms with van der Waals surface area (Å²) in [5, 5.41) is 5.72. The highest BCUT2D eigenvalue weighted by Gasteiger charge is 2.12. The molecular formula is C18H16ClN3O4. The molecule has 3 aromatic rings. The van der Waals surface area contributed by atoms with Gasteiger partial charge in [0.05, 0.1) is 5.52 Å². The predicted octanol–water partition coefficient (Wildman–Crippen LogP) is 2.64. The third-order valence-corrected chi connectivity index (χ3v) is 4.09. The number of hydrogen-bond donors (Lipinski definition) is 2. The Balaban J connectivity index is 1.65. The Morgan fingerprint density at radius 3 is 2.58 bits per heavy atom. The highest BCUT2D eigenvalue weighted by Crippen LogP contribution is 2.18. The highest BCUT2D eigenvalue weighted by atomic mass is 35.5. The molecule has 26 heavy (non-hydrogen) atoms. The van der Waals surface area contributed by atoms with Crippen LogP contribution in [-0.4, -0.2) is 23.4 Å². The molecule has 0 atom stereocenters. The number of rotatable bonds is 5. The number of halogens is 1. The van der Waals surface area contributed by atoms with E-state index < -0.39 is 5.76 Å². The standard InChI is InChI=1S/C18H16ClN3O4/c1-20-17(24)11-2-5-13(6-3-11)21-16(23)8-9-22-14-7-4-12(19)10-15(14)26-18(22)25/h2-7,10H,8-9H2,1H3,(H,20,24)(H,21,23). The van der Waals surface area contributed by atoms with Gasteiger partial charge in [-0.05, 0) is 36.4 Å². The van der Waals surface area contributed by atoms with Gasteiger partial charge in [0.25, 0.3) is 5.91 Å². The van der Waals surface area contributed by atoms with E-state index in [0.29, 0.717) is 27.4 Å². The highest BCUT2D eigenvalue weighted by molar-refractivity contribution is 6.31. The van der Waals surface area contributed by atoms with Crippen LogP contribution in [-0.2, 0) is 11.3 Å². The number of benzene rings is 2. The molecule has 1 aromatic heterocycles. The molecule has 0 aliphatic heterocycles. The molecule has 0 aliphatic rings. The van der Waals surface area contributed by atoms with Gasteiger partial charge in [0, 0.05) is 42.4 Å². The van der Waals surface area contributed by atoms with Crippen molar-refractivity contribution in [1.82, 2.24) is 9.88 Å². The maximum atomic E-state index is 12.1. The molecule has 8 heteroatoms. The van der Waals surface area contributed by atoms with Crippen LogP contribution in [0.15, 0.2) is 51.7 Å². The molecule has 0 fully saturated rings. The number of oxazole rings is 1. The summed E-state index contributed by atoms with van der Waals surface area (Å²) in [6, 6.07) is 11.4. The fourth-order valence-corrected chi connectivity index (χ4v) is 2.70. The Bertz CT molecular complexity index is 1020. The van der Waals surface area contributed by atoms with Crippen LogP contribution >= 0.6 is 11.6 Å². The van der Waals surface area contributed by atoms with Gasteiger partial charge in [-0.1, -0.05) is 11.6 Å². The van der Waals surface area contributed by atoms with E-state index >= 15 is 0 Å². The lowest BCUT2D eigenvalue weighted by atomic mass is 10.2. The van der Waals surface area contributed by atoms with Crippen LogP contribution in [0.25, 0.3) is 11.1 Å². The second kappa shape index (κ2) is 7.45. The van der Waals surface area contributed by atoms with E-state index in [0.717, 1.165) is 0 Å². The maximum Gasteiger partial charge on any atom is 0.419 e. The Labute approximate surface area is 153 Å². The molecule has 134 valence electrons. The predicted molar refractivity (Wildman–Crippen MR) is 98.6 cm³/mol. The third kappa shape index (κ3) is 3.78. The van der Waals surface area contributed by atoms with Crippen molar-refractivity contribution in [2.45, 2.75) is 13.0 Å². The number of hydrogen-bond acceptors (Lipinski definition) is 4.